The zero-order valence-corrected chi connectivity index (χ0v) is 36.5. The van der Waals surface area contributed by atoms with E-state index in [0.717, 1.165) is 25.7 Å². The predicted octanol–water partition coefficient (Wildman–Crippen LogP) is 1.76. The summed E-state index contributed by atoms with van der Waals surface area (Å²) in [6.45, 7) is 9.55. The molecule has 3 aliphatic carbocycles. The molecule has 8 rings (SSSR count). The van der Waals surface area contributed by atoms with E-state index >= 15 is 4.79 Å². The first kappa shape index (κ1) is 45.1. The molecular formula is C45H59N3O15. The van der Waals surface area contributed by atoms with Gasteiger partial charge in [-0.15, -0.1) is 0 Å². The number of nitrogens with one attached hydrogen (secondary N) is 2. The maximum atomic E-state index is 15.1. The zero-order chi connectivity index (χ0) is 45.2. The van der Waals surface area contributed by atoms with E-state index in [4.69, 9.17) is 33.3 Å². The van der Waals surface area contributed by atoms with Crippen LogP contribution in [0.1, 0.15) is 97.6 Å². The van der Waals surface area contributed by atoms with Crippen molar-refractivity contribution in [2.24, 2.45) is 22.7 Å². The first-order valence-corrected chi connectivity index (χ1v) is 22.0. The second kappa shape index (κ2) is 16.8. The van der Waals surface area contributed by atoms with Crippen molar-refractivity contribution in [3.8, 4) is 0 Å². The molecule has 7 aliphatic rings. The maximum absolute atomic E-state index is 15.1. The molecule has 0 radical (unpaired) electrons. The van der Waals surface area contributed by atoms with Crippen LogP contribution in [0.4, 0.5) is 0 Å². The van der Waals surface area contributed by atoms with E-state index in [1.807, 2.05) is 0 Å². The fourth-order valence-electron chi connectivity index (χ4n) is 9.79. The van der Waals surface area contributed by atoms with Gasteiger partial charge in [-0.2, -0.15) is 5.06 Å². The first-order valence-electron chi connectivity index (χ1n) is 22.0. The number of cyclic esters (lactones) is 1. The van der Waals surface area contributed by atoms with Crippen LogP contribution in [0.15, 0.2) is 30.3 Å². The lowest BCUT2D eigenvalue weighted by atomic mass is 9.62. The summed E-state index contributed by atoms with van der Waals surface area (Å²) in [4.78, 5) is 87.7. The Hall–Kier alpha value is -4.46. The van der Waals surface area contributed by atoms with Crippen molar-refractivity contribution < 1.29 is 72.2 Å². The van der Waals surface area contributed by atoms with Gasteiger partial charge in [0.25, 0.3) is 0 Å². The Labute approximate surface area is 365 Å². The number of hydrogen-bond acceptors (Lipinski definition) is 16. The van der Waals surface area contributed by atoms with Crippen molar-refractivity contribution in [2.75, 3.05) is 13.2 Å². The molecule has 2 amide bonds. The number of aliphatic hydroxyl groups is 2. The van der Waals surface area contributed by atoms with Crippen LogP contribution >= 0.6 is 0 Å². The number of carbonyl (C=O) groups is 6. The number of fused-ring (bicyclic) bond motifs is 4. The molecule has 4 aliphatic heterocycles. The third-order valence-corrected chi connectivity index (χ3v) is 13.2. The summed E-state index contributed by atoms with van der Waals surface area (Å²) in [7, 11) is 0. The Kier molecular flexibility index (Phi) is 12.1. The lowest BCUT2D eigenvalue weighted by Gasteiger charge is -2.49. The molecule has 10 atom stereocenters. The number of nitrogens with zero attached hydrogens (tertiary/aromatic N) is 1. The minimum atomic E-state index is -1.70. The molecule has 4 heterocycles. The van der Waals surface area contributed by atoms with Gasteiger partial charge < -0.3 is 49.3 Å². The number of ether oxygens (including phenoxy) is 6. The molecule has 0 spiro atoms. The van der Waals surface area contributed by atoms with Gasteiger partial charge in [0.1, 0.15) is 48.1 Å². The minimum Gasteiger partial charge on any atom is -0.462 e. The van der Waals surface area contributed by atoms with Crippen molar-refractivity contribution in [3.63, 3.8) is 0 Å². The summed E-state index contributed by atoms with van der Waals surface area (Å²) >= 11 is 0. The number of hydrogen-bond donors (Lipinski definition) is 4. The molecule has 1 aromatic carbocycles. The third-order valence-electron chi connectivity index (χ3n) is 13.2. The van der Waals surface area contributed by atoms with Crippen molar-refractivity contribution in [1.82, 2.24) is 15.7 Å². The highest BCUT2D eigenvalue weighted by Gasteiger charge is 2.78. The standard InChI is InChI=1S/C45H59N3O15/c1-23(50)32(38(53)46-28(21-49)16-18-31(52)60-42(2,3)4)47-41(56)44-19-29-33-34(62-45(61-33,26-12-13-26)27-14-15-27)36(44)63-48(35(44)39(54)58-29)20-25-10-8-7-9-24(25)11-17-30(51)59-37-40(55)57-22-43(37,5)6/h7-11,17,23,26-29,32-37,49-50H,12-16,18-22H2,1-6H3,(H,46,53)(H,47,56)/t23-,28-,29+,32+,33-,34-,35-,36+,37-,44-/m0/s1. The largest absolute Gasteiger partial charge is 0.462 e. The van der Waals surface area contributed by atoms with Crippen LogP contribution in [-0.4, -0.2) is 130 Å². The molecule has 0 unspecified atom stereocenters. The van der Waals surface area contributed by atoms with E-state index in [2.05, 4.69) is 10.6 Å². The molecule has 3 saturated carbocycles. The van der Waals surface area contributed by atoms with E-state index < -0.39 is 119 Å². The molecular weight excluding hydrogens is 823 g/mol. The molecule has 18 nitrogen and oxygen atoms in total. The topological polar surface area (TPSA) is 235 Å². The summed E-state index contributed by atoms with van der Waals surface area (Å²) in [6.07, 6.45) is 0.142. The first-order chi connectivity index (χ1) is 29.8. The van der Waals surface area contributed by atoms with Gasteiger partial charge in [-0.3, -0.25) is 24.0 Å². The predicted molar refractivity (Wildman–Crippen MR) is 217 cm³/mol. The average molecular weight is 882 g/mol. The van der Waals surface area contributed by atoms with Crippen molar-refractivity contribution in [3.05, 3.63) is 41.5 Å². The average Bonchev–Trinajstić information content (AvgIpc) is 4.16. The Morgan fingerprint density at radius 2 is 1.68 bits per heavy atom. The van der Waals surface area contributed by atoms with Crippen molar-refractivity contribution in [2.45, 2.75) is 159 Å². The fourth-order valence-corrected chi connectivity index (χ4v) is 9.79. The van der Waals surface area contributed by atoms with Crippen LogP contribution in [-0.2, 0) is 68.6 Å². The number of amides is 2. The second-order valence-corrected chi connectivity index (χ2v) is 19.8. The minimum absolute atomic E-state index is 0.0252. The van der Waals surface area contributed by atoms with Crippen LogP contribution in [0.3, 0.4) is 0 Å². The summed E-state index contributed by atoms with van der Waals surface area (Å²) in [5, 5.41) is 27.9. The van der Waals surface area contributed by atoms with Gasteiger partial charge in [0, 0.05) is 36.2 Å². The zero-order valence-electron chi connectivity index (χ0n) is 36.5. The molecule has 63 heavy (non-hydrogen) atoms. The van der Waals surface area contributed by atoms with Gasteiger partial charge in [0.15, 0.2) is 11.8 Å². The summed E-state index contributed by atoms with van der Waals surface area (Å²) in [5.41, 5.74) is -1.98. The Balaban J connectivity index is 1.06. The molecule has 344 valence electrons. The Morgan fingerprint density at radius 3 is 2.30 bits per heavy atom. The molecule has 7 fully saturated rings. The summed E-state index contributed by atoms with van der Waals surface area (Å²) < 4.78 is 35.8. The summed E-state index contributed by atoms with van der Waals surface area (Å²) in [6, 6.07) is 3.23. The highest BCUT2D eigenvalue weighted by molar-refractivity contribution is 5.96. The lowest BCUT2D eigenvalue weighted by molar-refractivity contribution is -0.235. The smallest absolute Gasteiger partial charge is 0.348 e. The van der Waals surface area contributed by atoms with Crippen LogP contribution < -0.4 is 10.6 Å². The number of esters is 4. The van der Waals surface area contributed by atoms with Crippen LogP contribution in [0.25, 0.3) is 6.08 Å². The molecule has 2 bridgehead atoms. The van der Waals surface area contributed by atoms with Gasteiger partial charge >= 0.3 is 23.9 Å². The van der Waals surface area contributed by atoms with E-state index in [0.29, 0.717) is 11.1 Å². The Morgan fingerprint density at radius 1 is 1.00 bits per heavy atom. The summed E-state index contributed by atoms with van der Waals surface area (Å²) in [5.74, 6) is -4.86. The van der Waals surface area contributed by atoms with E-state index in [-0.39, 0.29) is 44.2 Å². The number of benzene rings is 1. The van der Waals surface area contributed by atoms with Gasteiger partial charge in [-0.05, 0) is 77.0 Å². The van der Waals surface area contributed by atoms with E-state index in [1.54, 1.807) is 58.9 Å². The highest BCUT2D eigenvalue weighted by Crippen LogP contribution is 2.64. The monoisotopic (exact) mass is 881 g/mol. The van der Waals surface area contributed by atoms with Crippen molar-refractivity contribution in [1.29, 1.82) is 0 Å². The van der Waals surface area contributed by atoms with Gasteiger partial charge in [-0.25, -0.2) is 9.59 Å². The maximum Gasteiger partial charge on any atom is 0.348 e. The van der Waals surface area contributed by atoms with E-state index in [9.17, 15) is 34.2 Å². The van der Waals surface area contributed by atoms with Gasteiger partial charge in [0.05, 0.1) is 25.3 Å². The Bertz CT molecular complexity index is 2010. The SMILES string of the molecule is C[C@H](O)[C@@H](NC(=O)[C@@]12C[C@H]3OC(=O)[C@@H]1N(Cc1ccccc1C=CC(=O)O[C@H]1C(=O)OCC1(C)C)O[C@@H]2[C@H]1OC(C2CC2)(C2CC2)O[C@H]13)C(=O)N[C@H](CO)CCC(=O)OC(C)(C)C. The van der Waals surface area contributed by atoms with E-state index in [1.165, 1.54) is 24.1 Å². The fraction of sp³-hybridized carbons (Fsp3) is 0.689. The van der Waals surface area contributed by atoms with Gasteiger partial charge in [-0.1, -0.05) is 38.1 Å². The quantitative estimate of drug-likeness (QED) is 0.105. The van der Waals surface area contributed by atoms with Gasteiger partial charge in [0.2, 0.25) is 17.9 Å². The third kappa shape index (κ3) is 8.74. The molecule has 0 aromatic heterocycles. The van der Waals surface area contributed by atoms with Crippen molar-refractivity contribution >= 4 is 41.8 Å². The molecule has 4 saturated heterocycles. The number of aliphatic hydroxyl groups excluding tert-OH is 2. The molecule has 18 heteroatoms. The number of hydroxylamine groups is 2. The lowest BCUT2D eigenvalue weighted by Crippen LogP contribution is -2.71. The highest BCUT2D eigenvalue weighted by atomic mass is 16.8. The van der Waals surface area contributed by atoms with Crippen LogP contribution in [0.2, 0.25) is 0 Å². The molecule has 4 N–H and O–H groups in total. The normalized spacial score (nSPS) is 31.9. The van der Waals surface area contributed by atoms with Crippen LogP contribution in [0, 0.1) is 22.7 Å². The second-order valence-electron chi connectivity index (χ2n) is 19.8. The number of rotatable bonds is 16. The number of carbonyl (C=O) groups excluding carboxylic acids is 6. The van der Waals surface area contributed by atoms with Crippen LogP contribution in [0.5, 0.6) is 0 Å². The molecule has 1 aromatic rings.